The van der Waals surface area contributed by atoms with Crippen LogP contribution in [-0.4, -0.2) is 23.2 Å². The maximum atomic E-state index is 4.91. The third-order valence-corrected chi connectivity index (χ3v) is 2.58. The molecule has 0 amide bonds. The van der Waals surface area contributed by atoms with Crippen LogP contribution in [0.4, 0.5) is 0 Å². The zero-order valence-electron chi connectivity index (χ0n) is 4.32. The van der Waals surface area contributed by atoms with Gasteiger partial charge in [-0.1, -0.05) is 0 Å². The van der Waals surface area contributed by atoms with Crippen molar-refractivity contribution in [2.45, 2.75) is 18.6 Å². The molecule has 1 unspecified atom stereocenters. The van der Waals surface area contributed by atoms with Gasteiger partial charge in [0.25, 0.3) is 0 Å². The minimum absolute atomic E-state index is 0.0208. The van der Waals surface area contributed by atoms with E-state index in [1.54, 1.807) is 7.11 Å². The second kappa shape index (κ2) is 5.52. The van der Waals surface area contributed by atoms with Gasteiger partial charge in [0.1, 0.15) is 0 Å². The van der Waals surface area contributed by atoms with Crippen LogP contribution in [0.15, 0.2) is 0 Å². The van der Waals surface area contributed by atoms with Crippen LogP contribution in [0.2, 0.25) is 5.21 Å². The standard InChI is InChI=1S/C4H11AsO/c1-3-4-5-6-2/h5H,3-4H2,1-2H3. The van der Waals surface area contributed by atoms with E-state index in [2.05, 4.69) is 6.92 Å². The molecule has 0 aromatic carbocycles. The van der Waals surface area contributed by atoms with Crippen molar-refractivity contribution in [2.24, 2.45) is 0 Å². The molecule has 0 spiro atoms. The molecule has 1 atom stereocenters. The van der Waals surface area contributed by atoms with Crippen molar-refractivity contribution in [2.75, 3.05) is 7.11 Å². The summed E-state index contributed by atoms with van der Waals surface area (Å²) in [6, 6.07) is 0. The van der Waals surface area contributed by atoms with Crippen LogP contribution in [0.5, 0.6) is 0 Å². The van der Waals surface area contributed by atoms with Crippen molar-refractivity contribution in [3.05, 3.63) is 0 Å². The van der Waals surface area contributed by atoms with Gasteiger partial charge in [-0.05, 0) is 0 Å². The Morgan fingerprint density at radius 3 is 2.50 bits per heavy atom. The minimum atomic E-state index is 0.0208. The van der Waals surface area contributed by atoms with Crippen molar-refractivity contribution in [1.82, 2.24) is 0 Å². The molecule has 38 valence electrons. The molecule has 0 radical (unpaired) electrons. The molecule has 0 aromatic rings. The summed E-state index contributed by atoms with van der Waals surface area (Å²) < 4.78 is 4.91. The fraction of sp³-hybridized carbons (Fsp3) is 1.00. The molecule has 0 aliphatic rings. The van der Waals surface area contributed by atoms with Gasteiger partial charge in [-0.2, -0.15) is 0 Å². The Morgan fingerprint density at radius 1 is 1.67 bits per heavy atom. The number of hydrogen-bond donors (Lipinski definition) is 0. The first-order valence-electron chi connectivity index (χ1n) is 2.17. The normalized spacial score (nSPS) is 11.0. The summed E-state index contributed by atoms with van der Waals surface area (Å²) in [6.07, 6.45) is 1.29. The van der Waals surface area contributed by atoms with E-state index in [-0.39, 0.29) is 16.1 Å². The molecule has 0 aliphatic heterocycles. The van der Waals surface area contributed by atoms with Gasteiger partial charge in [0.15, 0.2) is 0 Å². The molecule has 0 fully saturated rings. The molecule has 0 aromatic heterocycles. The van der Waals surface area contributed by atoms with Gasteiger partial charge >= 0.3 is 45.5 Å². The first kappa shape index (κ1) is 6.52. The van der Waals surface area contributed by atoms with Gasteiger partial charge in [0.05, 0.1) is 0 Å². The third kappa shape index (κ3) is 4.52. The Bertz CT molecular complexity index is 19.5. The van der Waals surface area contributed by atoms with E-state index in [1.807, 2.05) is 0 Å². The van der Waals surface area contributed by atoms with Gasteiger partial charge in [-0.25, -0.2) is 0 Å². The summed E-state index contributed by atoms with van der Waals surface area (Å²) in [5.74, 6) is 0. The average molecular weight is 150 g/mol. The molecule has 0 rings (SSSR count). The van der Waals surface area contributed by atoms with Gasteiger partial charge in [0, 0.05) is 0 Å². The van der Waals surface area contributed by atoms with E-state index in [1.165, 1.54) is 11.6 Å². The molecule has 0 N–H and O–H groups in total. The Kier molecular flexibility index (Phi) is 6.00. The second-order valence-corrected chi connectivity index (χ2v) is 3.61. The monoisotopic (exact) mass is 150 g/mol. The van der Waals surface area contributed by atoms with E-state index < -0.39 is 0 Å². The van der Waals surface area contributed by atoms with E-state index >= 15 is 0 Å². The van der Waals surface area contributed by atoms with Crippen molar-refractivity contribution < 1.29 is 3.73 Å². The molecule has 6 heavy (non-hydrogen) atoms. The SMILES string of the molecule is CCC[AsH]OC. The van der Waals surface area contributed by atoms with Crippen LogP contribution in [0.3, 0.4) is 0 Å². The van der Waals surface area contributed by atoms with Crippen molar-refractivity contribution in [3.63, 3.8) is 0 Å². The topological polar surface area (TPSA) is 9.23 Å². The number of rotatable bonds is 3. The Morgan fingerprint density at radius 2 is 2.33 bits per heavy atom. The fourth-order valence-electron chi connectivity index (χ4n) is 0.204. The Balaban J connectivity index is 2.34. The predicted molar refractivity (Wildman–Crippen MR) is 29.3 cm³/mol. The van der Waals surface area contributed by atoms with Crippen LogP contribution < -0.4 is 0 Å². The summed E-state index contributed by atoms with van der Waals surface area (Å²) >= 11 is 0.0208. The van der Waals surface area contributed by atoms with Crippen LogP contribution in [-0.2, 0) is 3.73 Å². The fourth-order valence-corrected chi connectivity index (χ4v) is 1.06. The van der Waals surface area contributed by atoms with Crippen molar-refractivity contribution >= 4 is 16.1 Å². The molecular formula is C4H11AsO. The van der Waals surface area contributed by atoms with Gasteiger partial charge in [0.2, 0.25) is 0 Å². The van der Waals surface area contributed by atoms with E-state index in [0.717, 1.165) is 0 Å². The van der Waals surface area contributed by atoms with Crippen LogP contribution >= 0.6 is 0 Å². The second-order valence-electron chi connectivity index (χ2n) is 1.10. The van der Waals surface area contributed by atoms with E-state index in [0.29, 0.717) is 0 Å². The van der Waals surface area contributed by atoms with Gasteiger partial charge in [-0.3, -0.25) is 0 Å². The summed E-state index contributed by atoms with van der Waals surface area (Å²) in [5, 5.41) is 1.32. The van der Waals surface area contributed by atoms with Crippen molar-refractivity contribution in [1.29, 1.82) is 0 Å². The molecular weight excluding hydrogens is 139 g/mol. The van der Waals surface area contributed by atoms with Crippen LogP contribution in [0.1, 0.15) is 13.3 Å². The van der Waals surface area contributed by atoms with Gasteiger partial charge < -0.3 is 0 Å². The maximum absolute atomic E-state index is 4.91. The van der Waals surface area contributed by atoms with E-state index in [9.17, 15) is 0 Å². The molecule has 0 aliphatic carbocycles. The first-order valence-corrected chi connectivity index (χ1v) is 4.51. The predicted octanol–water partition coefficient (Wildman–Crippen LogP) is 0.813. The number of hydrogen-bond acceptors (Lipinski definition) is 1. The van der Waals surface area contributed by atoms with Crippen molar-refractivity contribution in [3.8, 4) is 0 Å². The molecule has 0 saturated carbocycles. The summed E-state index contributed by atoms with van der Waals surface area (Å²) in [5.41, 5.74) is 0. The summed E-state index contributed by atoms with van der Waals surface area (Å²) in [6.45, 7) is 2.18. The third-order valence-electron chi connectivity index (χ3n) is 0.496. The zero-order valence-corrected chi connectivity index (χ0v) is 6.42. The van der Waals surface area contributed by atoms with Crippen LogP contribution in [0, 0.1) is 0 Å². The summed E-state index contributed by atoms with van der Waals surface area (Å²) in [4.78, 5) is 0. The summed E-state index contributed by atoms with van der Waals surface area (Å²) in [7, 11) is 1.79. The molecule has 2 heteroatoms. The Labute approximate surface area is 46.1 Å². The van der Waals surface area contributed by atoms with Gasteiger partial charge in [-0.15, -0.1) is 0 Å². The molecule has 1 nitrogen and oxygen atoms in total. The quantitative estimate of drug-likeness (QED) is 0.427. The zero-order chi connectivity index (χ0) is 4.83. The first-order chi connectivity index (χ1) is 2.91. The molecule has 0 heterocycles. The van der Waals surface area contributed by atoms with E-state index in [4.69, 9.17) is 3.73 Å². The molecule has 0 bridgehead atoms. The molecule has 0 saturated heterocycles. The Hall–Kier alpha value is 0.518. The average Bonchev–Trinajstić information content (AvgIpc) is 1.61. The van der Waals surface area contributed by atoms with Crippen LogP contribution in [0.25, 0.3) is 0 Å².